The number of nitrogens with zero attached hydrogens (tertiary/aromatic N) is 1. The summed E-state index contributed by atoms with van der Waals surface area (Å²) < 4.78 is 5.33. The summed E-state index contributed by atoms with van der Waals surface area (Å²) in [5, 5.41) is 2.70. The van der Waals surface area contributed by atoms with E-state index in [1.54, 1.807) is 7.11 Å². The lowest BCUT2D eigenvalue weighted by atomic mass is 9.96. The highest BCUT2D eigenvalue weighted by Crippen LogP contribution is 2.23. The molecule has 3 unspecified atom stereocenters. The summed E-state index contributed by atoms with van der Waals surface area (Å²) in [7, 11) is 1.69. The molecule has 102 valence electrons. The Morgan fingerprint density at radius 2 is 2.39 bits per heavy atom. The average Bonchev–Trinajstić information content (AvgIpc) is 2.83. The first-order valence-corrected chi connectivity index (χ1v) is 6.45. The zero-order chi connectivity index (χ0) is 13.1. The summed E-state index contributed by atoms with van der Waals surface area (Å²) in [6.45, 7) is 1.57. The zero-order valence-electron chi connectivity index (χ0n) is 10.7. The first-order valence-electron chi connectivity index (χ1n) is 6.45. The number of carbonyl (C=O) groups is 2. The third-order valence-electron chi connectivity index (χ3n) is 3.88. The second-order valence-corrected chi connectivity index (χ2v) is 5.01. The van der Waals surface area contributed by atoms with Gasteiger partial charge < -0.3 is 20.7 Å². The number of amides is 2. The fourth-order valence-corrected chi connectivity index (χ4v) is 2.76. The van der Waals surface area contributed by atoms with Gasteiger partial charge in [-0.05, 0) is 12.8 Å². The number of hydrogen-bond acceptors (Lipinski definition) is 4. The van der Waals surface area contributed by atoms with Crippen LogP contribution in [0.1, 0.15) is 19.3 Å². The van der Waals surface area contributed by atoms with Crippen LogP contribution in [0.15, 0.2) is 0 Å². The van der Waals surface area contributed by atoms with Crippen LogP contribution in [0, 0.1) is 5.92 Å². The van der Waals surface area contributed by atoms with E-state index in [2.05, 4.69) is 5.32 Å². The van der Waals surface area contributed by atoms with E-state index in [-0.39, 0.29) is 29.9 Å². The molecule has 2 fully saturated rings. The van der Waals surface area contributed by atoms with E-state index in [9.17, 15) is 9.59 Å². The number of carbonyl (C=O) groups excluding carboxylic acids is 2. The maximum Gasteiger partial charge on any atom is 0.228 e. The van der Waals surface area contributed by atoms with Gasteiger partial charge in [-0.25, -0.2) is 0 Å². The van der Waals surface area contributed by atoms with E-state index in [4.69, 9.17) is 10.5 Å². The van der Waals surface area contributed by atoms with Crippen LogP contribution in [0.5, 0.6) is 0 Å². The van der Waals surface area contributed by atoms with Gasteiger partial charge in [-0.15, -0.1) is 0 Å². The van der Waals surface area contributed by atoms with Crippen LogP contribution in [-0.2, 0) is 14.3 Å². The number of methoxy groups -OCH3 is 1. The van der Waals surface area contributed by atoms with Gasteiger partial charge in [-0.3, -0.25) is 9.59 Å². The molecule has 0 aliphatic carbocycles. The predicted molar refractivity (Wildman–Crippen MR) is 65.7 cm³/mol. The monoisotopic (exact) mass is 255 g/mol. The normalized spacial score (nSPS) is 32.4. The Kier molecular flexibility index (Phi) is 4.19. The van der Waals surface area contributed by atoms with Gasteiger partial charge in [0.2, 0.25) is 11.8 Å². The van der Waals surface area contributed by atoms with E-state index >= 15 is 0 Å². The van der Waals surface area contributed by atoms with Crippen molar-refractivity contribution in [2.75, 3.05) is 26.7 Å². The van der Waals surface area contributed by atoms with E-state index < -0.39 is 0 Å². The maximum absolute atomic E-state index is 12.3. The largest absolute Gasteiger partial charge is 0.381 e. The highest BCUT2D eigenvalue weighted by atomic mass is 16.5. The SMILES string of the molecule is COC1CCN(C(=O)C2CNC(=O)C2)C(CN)C1. The van der Waals surface area contributed by atoms with Gasteiger partial charge in [0.1, 0.15) is 0 Å². The Balaban J connectivity index is 1.98. The summed E-state index contributed by atoms with van der Waals surface area (Å²) in [5.74, 6) is -0.201. The number of nitrogens with two attached hydrogens (primary N) is 1. The molecule has 2 aliphatic heterocycles. The molecule has 2 amide bonds. The molecule has 18 heavy (non-hydrogen) atoms. The summed E-state index contributed by atoms with van der Waals surface area (Å²) in [6, 6.07) is 0.0342. The highest BCUT2D eigenvalue weighted by Gasteiger charge is 2.37. The Morgan fingerprint density at radius 3 is 2.94 bits per heavy atom. The first kappa shape index (κ1) is 13.3. The van der Waals surface area contributed by atoms with Crippen LogP contribution in [0.3, 0.4) is 0 Å². The molecule has 2 aliphatic rings. The average molecular weight is 255 g/mol. The van der Waals surface area contributed by atoms with Crippen LogP contribution in [-0.4, -0.2) is 55.6 Å². The van der Waals surface area contributed by atoms with Crippen molar-refractivity contribution in [3.8, 4) is 0 Å². The number of ether oxygens (including phenoxy) is 1. The van der Waals surface area contributed by atoms with Crippen molar-refractivity contribution >= 4 is 11.8 Å². The molecule has 6 heteroatoms. The Morgan fingerprint density at radius 1 is 1.61 bits per heavy atom. The molecule has 0 aromatic heterocycles. The molecule has 2 saturated heterocycles. The molecule has 0 bridgehead atoms. The van der Waals surface area contributed by atoms with E-state index in [0.717, 1.165) is 12.8 Å². The van der Waals surface area contributed by atoms with Gasteiger partial charge in [-0.1, -0.05) is 0 Å². The quantitative estimate of drug-likeness (QED) is 0.683. The van der Waals surface area contributed by atoms with Crippen molar-refractivity contribution in [2.24, 2.45) is 11.7 Å². The summed E-state index contributed by atoms with van der Waals surface area (Å²) in [4.78, 5) is 25.3. The summed E-state index contributed by atoms with van der Waals surface area (Å²) in [5.41, 5.74) is 5.74. The van der Waals surface area contributed by atoms with Crippen LogP contribution in [0.4, 0.5) is 0 Å². The van der Waals surface area contributed by atoms with Crippen molar-refractivity contribution in [1.29, 1.82) is 0 Å². The number of nitrogens with one attached hydrogen (secondary N) is 1. The number of piperidine rings is 1. The van der Waals surface area contributed by atoms with E-state index in [1.807, 2.05) is 4.90 Å². The zero-order valence-corrected chi connectivity index (χ0v) is 10.7. The predicted octanol–water partition coefficient (Wildman–Crippen LogP) is -0.913. The molecular weight excluding hydrogens is 234 g/mol. The molecule has 2 rings (SSSR count). The molecule has 0 aromatic rings. The third-order valence-corrected chi connectivity index (χ3v) is 3.88. The molecular formula is C12H21N3O3. The number of hydrogen-bond donors (Lipinski definition) is 2. The van der Waals surface area contributed by atoms with Crippen molar-refractivity contribution < 1.29 is 14.3 Å². The fourth-order valence-electron chi connectivity index (χ4n) is 2.76. The molecule has 0 saturated carbocycles. The van der Waals surface area contributed by atoms with E-state index in [0.29, 0.717) is 26.1 Å². The third kappa shape index (κ3) is 2.64. The van der Waals surface area contributed by atoms with Gasteiger partial charge >= 0.3 is 0 Å². The van der Waals surface area contributed by atoms with Gasteiger partial charge in [0.05, 0.1) is 12.0 Å². The Hall–Kier alpha value is -1.14. The minimum absolute atomic E-state index is 0.0342. The minimum atomic E-state index is -0.217. The Bertz CT molecular complexity index is 335. The Labute approximate surface area is 107 Å². The fraction of sp³-hybridized carbons (Fsp3) is 0.833. The second kappa shape index (κ2) is 5.67. The van der Waals surface area contributed by atoms with Gasteiger partial charge in [-0.2, -0.15) is 0 Å². The number of likely N-dealkylation sites (tertiary alicyclic amines) is 1. The van der Waals surface area contributed by atoms with Crippen LogP contribution in [0.25, 0.3) is 0 Å². The smallest absolute Gasteiger partial charge is 0.228 e. The topological polar surface area (TPSA) is 84.7 Å². The van der Waals surface area contributed by atoms with Crippen molar-refractivity contribution in [3.63, 3.8) is 0 Å². The lowest BCUT2D eigenvalue weighted by molar-refractivity contribution is -0.141. The number of rotatable bonds is 3. The van der Waals surface area contributed by atoms with Crippen molar-refractivity contribution in [1.82, 2.24) is 10.2 Å². The molecule has 2 heterocycles. The lowest BCUT2D eigenvalue weighted by Gasteiger charge is -2.39. The molecule has 3 atom stereocenters. The lowest BCUT2D eigenvalue weighted by Crippen LogP contribution is -2.53. The van der Waals surface area contributed by atoms with Gasteiger partial charge in [0.25, 0.3) is 0 Å². The van der Waals surface area contributed by atoms with Gasteiger partial charge in [0, 0.05) is 39.2 Å². The van der Waals surface area contributed by atoms with Crippen LogP contribution >= 0.6 is 0 Å². The first-order chi connectivity index (χ1) is 8.65. The minimum Gasteiger partial charge on any atom is -0.381 e. The molecule has 0 aromatic carbocycles. The summed E-state index contributed by atoms with van der Waals surface area (Å²) >= 11 is 0. The standard InChI is InChI=1S/C12H21N3O3/c1-18-10-2-3-15(9(5-10)6-13)12(17)8-4-11(16)14-7-8/h8-10H,2-7,13H2,1H3,(H,14,16). The second-order valence-electron chi connectivity index (χ2n) is 5.01. The van der Waals surface area contributed by atoms with E-state index in [1.165, 1.54) is 0 Å². The highest BCUT2D eigenvalue weighted by molar-refractivity contribution is 5.89. The maximum atomic E-state index is 12.3. The molecule has 0 radical (unpaired) electrons. The molecule has 0 spiro atoms. The van der Waals surface area contributed by atoms with Crippen molar-refractivity contribution in [2.45, 2.75) is 31.4 Å². The molecule has 6 nitrogen and oxygen atoms in total. The van der Waals surface area contributed by atoms with Gasteiger partial charge in [0.15, 0.2) is 0 Å². The van der Waals surface area contributed by atoms with Crippen molar-refractivity contribution in [3.05, 3.63) is 0 Å². The molecule has 3 N–H and O–H groups in total. The summed E-state index contributed by atoms with van der Waals surface area (Å²) in [6.07, 6.45) is 2.12. The van der Waals surface area contributed by atoms with Crippen LogP contribution < -0.4 is 11.1 Å². The van der Waals surface area contributed by atoms with Crippen LogP contribution in [0.2, 0.25) is 0 Å².